The maximum atomic E-state index is 3.73. The van der Waals surface area contributed by atoms with E-state index in [1.807, 2.05) is 0 Å². The molecule has 19 heavy (non-hydrogen) atoms. The molecule has 0 amide bonds. The van der Waals surface area contributed by atoms with Crippen molar-refractivity contribution in [1.29, 1.82) is 0 Å². The standard InChI is InChI=1S/C18H25N/c1-3-7-15(8-4-1)11-12-19-18-13-17(14-18)16-9-5-2-6-10-16/h2,5-7,9-10,17-19H,1,3-4,8,11-14H2. The predicted molar refractivity (Wildman–Crippen MR) is 81.4 cm³/mol. The van der Waals surface area contributed by atoms with Crippen molar-refractivity contribution < 1.29 is 0 Å². The Morgan fingerprint density at radius 3 is 2.63 bits per heavy atom. The number of hydrogen-bond acceptors (Lipinski definition) is 1. The zero-order valence-corrected chi connectivity index (χ0v) is 11.8. The molecule has 2 aliphatic carbocycles. The van der Waals surface area contributed by atoms with E-state index in [-0.39, 0.29) is 0 Å². The van der Waals surface area contributed by atoms with Crippen molar-refractivity contribution in [2.45, 2.75) is 56.9 Å². The predicted octanol–water partition coefficient (Wildman–Crippen LogP) is 4.41. The summed E-state index contributed by atoms with van der Waals surface area (Å²) in [6, 6.07) is 11.7. The molecule has 0 aliphatic heterocycles. The van der Waals surface area contributed by atoms with Crippen molar-refractivity contribution in [3.05, 3.63) is 47.5 Å². The van der Waals surface area contributed by atoms with Crippen molar-refractivity contribution in [2.24, 2.45) is 0 Å². The van der Waals surface area contributed by atoms with Crippen LogP contribution in [-0.2, 0) is 0 Å². The molecular formula is C18H25N. The second-order valence-electron chi connectivity index (χ2n) is 6.09. The van der Waals surface area contributed by atoms with E-state index in [0.717, 1.165) is 12.0 Å². The second kappa shape index (κ2) is 6.38. The Morgan fingerprint density at radius 1 is 1.05 bits per heavy atom. The Kier molecular flexibility index (Phi) is 4.34. The monoisotopic (exact) mass is 255 g/mol. The van der Waals surface area contributed by atoms with E-state index in [1.165, 1.54) is 57.1 Å². The van der Waals surface area contributed by atoms with Crippen LogP contribution in [0.4, 0.5) is 0 Å². The van der Waals surface area contributed by atoms with Crippen LogP contribution in [0, 0.1) is 0 Å². The number of allylic oxidation sites excluding steroid dienone is 1. The highest BCUT2D eigenvalue weighted by Crippen LogP contribution is 2.36. The smallest absolute Gasteiger partial charge is 0.00788 e. The van der Waals surface area contributed by atoms with Crippen LogP contribution in [0.15, 0.2) is 42.0 Å². The SMILES string of the molecule is C1=C(CCNC2CC(c3ccccc3)C2)CCCC1. The van der Waals surface area contributed by atoms with Gasteiger partial charge in [-0.3, -0.25) is 0 Å². The van der Waals surface area contributed by atoms with Crippen LogP contribution in [0.25, 0.3) is 0 Å². The van der Waals surface area contributed by atoms with Crippen molar-refractivity contribution in [3.63, 3.8) is 0 Å². The van der Waals surface area contributed by atoms with Crippen LogP contribution in [-0.4, -0.2) is 12.6 Å². The van der Waals surface area contributed by atoms with Gasteiger partial charge in [-0.15, -0.1) is 0 Å². The minimum atomic E-state index is 0.759. The van der Waals surface area contributed by atoms with Crippen molar-refractivity contribution >= 4 is 0 Å². The van der Waals surface area contributed by atoms with Crippen LogP contribution < -0.4 is 5.32 Å². The summed E-state index contributed by atoms with van der Waals surface area (Å²) in [5, 5.41) is 3.73. The normalized spacial score (nSPS) is 26.6. The third-order valence-corrected chi connectivity index (χ3v) is 4.67. The van der Waals surface area contributed by atoms with Crippen LogP contribution in [0.3, 0.4) is 0 Å². The lowest BCUT2D eigenvalue weighted by atomic mass is 9.76. The lowest BCUT2D eigenvalue weighted by Crippen LogP contribution is -2.40. The minimum absolute atomic E-state index is 0.759. The van der Waals surface area contributed by atoms with Gasteiger partial charge in [-0.1, -0.05) is 42.0 Å². The summed E-state index contributed by atoms with van der Waals surface area (Å²) in [4.78, 5) is 0. The van der Waals surface area contributed by atoms with E-state index >= 15 is 0 Å². The third-order valence-electron chi connectivity index (χ3n) is 4.67. The highest BCUT2D eigenvalue weighted by atomic mass is 14.9. The Balaban J connectivity index is 1.35. The molecule has 1 heteroatoms. The topological polar surface area (TPSA) is 12.0 Å². The van der Waals surface area contributed by atoms with E-state index in [9.17, 15) is 0 Å². The van der Waals surface area contributed by atoms with Crippen molar-refractivity contribution in [2.75, 3.05) is 6.54 Å². The number of hydrogen-bond donors (Lipinski definition) is 1. The van der Waals surface area contributed by atoms with Crippen LogP contribution in [0.2, 0.25) is 0 Å². The van der Waals surface area contributed by atoms with E-state index in [2.05, 4.69) is 41.7 Å². The summed E-state index contributed by atoms with van der Waals surface area (Å²) in [5.74, 6) is 0.799. The molecule has 1 N–H and O–H groups in total. The minimum Gasteiger partial charge on any atom is -0.314 e. The first kappa shape index (κ1) is 12.9. The molecule has 0 aromatic heterocycles. The maximum Gasteiger partial charge on any atom is 0.00788 e. The molecule has 1 aromatic rings. The van der Waals surface area contributed by atoms with E-state index in [4.69, 9.17) is 0 Å². The van der Waals surface area contributed by atoms with Gasteiger partial charge < -0.3 is 5.32 Å². The van der Waals surface area contributed by atoms with Gasteiger partial charge in [0.15, 0.2) is 0 Å². The highest BCUT2D eigenvalue weighted by molar-refractivity contribution is 5.22. The van der Waals surface area contributed by atoms with Gasteiger partial charge in [-0.05, 0) is 63.0 Å². The van der Waals surface area contributed by atoms with Gasteiger partial charge in [0.05, 0.1) is 0 Å². The largest absolute Gasteiger partial charge is 0.314 e. The van der Waals surface area contributed by atoms with E-state index < -0.39 is 0 Å². The Hall–Kier alpha value is -1.08. The van der Waals surface area contributed by atoms with Gasteiger partial charge in [-0.2, -0.15) is 0 Å². The quantitative estimate of drug-likeness (QED) is 0.768. The summed E-state index contributed by atoms with van der Waals surface area (Å²) < 4.78 is 0. The molecule has 1 nitrogen and oxygen atoms in total. The second-order valence-corrected chi connectivity index (χ2v) is 6.09. The summed E-state index contributed by atoms with van der Waals surface area (Å²) in [5.41, 5.74) is 3.22. The Morgan fingerprint density at radius 2 is 1.89 bits per heavy atom. The van der Waals surface area contributed by atoms with Gasteiger partial charge in [-0.25, -0.2) is 0 Å². The third kappa shape index (κ3) is 3.48. The molecule has 0 bridgehead atoms. The van der Waals surface area contributed by atoms with Crippen molar-refractivity contribution in [3.8, 4) is 0 Å². The van der Waals surface area contributed by atoms with E-state index in [1.54, 1.807) is 5.57 Å². The molecule has 0 heterocycles. The first-order valence-electron chi connectivity index (χ1n) is 7.88. The zero-order chi connectivity index (χ0) is 12.9. The summed E-state index contributed by atoms with van der Waals surface area (Å²) in [6.45, 7) is 1.18. The maximum absolute atomic E-state index is 3.73. The summed E-state index contributed by atoms with van der Waals surface area (Å²) >= 11 is 0. The van der Waals surface area contributed by atoms with Gasteiger partial charge in [0, 0.05) is 6.04 Å². The fraction of sp³-hybridized carbons (Fsp3) is 0.556. The van der Waals surface area contributed by atoms with Gasteiger partial charge in [0.1, 0.15) is 0 Å². The molecule has 1 fully saturated rings. The molecule has 2 aliphatic rings. The molecular weight excluding hydrogens is 230 g/mol. The summed E-state index contributed by atoms with van der Waals surface area (Å²) in [7, 11) is 0. The van der Waals surface area contributed by atoms with Crippen LogP contribution >= 0.6 is 0 Å². The zero-order valence-electron chi connectivity index (χ0n) is 11.8. The highest BCUT2D eigenvalue weighted by Gasteiger charge is 2.29. The van der Waals surface area contributed by atoms with Crippen LogP contribution in [0.5, 0.6) is 0 Å². The average molecular weight is 255 g/mol. The van der Waals surface area contributed by atoms with Crippen LogP contribution in [0.1, 0.15) is 56.4 Å². The van der Waals surface area contributed by atoms with Crippen molar-refractivity contribution in [1.82, 2.24) is 5.32 Å². The Bertz CT molecular complexity index is 415. The first-order valence-corrected chi connectivity index (χ1v) is 7.88. The van der Waals surface area contributed by atoms with Gasteiger partial charge in [0.25, 0.3) is 0 Å². The fourth-order valence-electron chi connectivity index (χ4n) is 3.35. The lowest BCUT2D eigenvalue weighted by molar-refractivity contribution is 0.292. The molecule has 3 rings (SSSR count). The molecule has 1 aromatic carbocycles. The number of rotatable bonds is 5. The van der Waals surface area contributed by atoms with Gasteiger partial charge in [0.2, 0.25) is 0 Å². The lowest BCUT2D eigenvalue weighted by Gasteiger charge is -2.36. The van der Waals surface area contributed by atoms with E-state index in [0.29, 0.717) is 0 Å². The number of benzene rings is 1. The molecule has 0 atom stereocenters. The number of nitrogens with one attached hydrogen (secondary N) is 1. The Labute approximate surface area is 117 Å². The summed E-state index contributed by atoms with van der Waals surface area (Å²) in [6.07, 6.45) is 11.9. The molecule has 0 saturated heterocycles. The molecule has 0 unspecified atom stereocenters. The molecule has 1 saturated carbocycles. The fourth-order valence-corrected chi connectivity index (χ4v) is 3.35. The van der Waals surface area contributed by atoms with Gasteiger partial charge >= 0.3 is 0 Å². The average Bonchev–Trinajstić information content (AvgIpc) is 2.43. The molecule has 0 radical (unpaired) electrons. The molecule has 102 valence electrons. The molecule has 0 spiro atoms. The first-order chi connectivity index (χ1) is 9.42.